The van der Waals surface area contributed by atoms with Gasteiger partial charge in [-0.1, -0.05) is 471 Å². The minimum absolute atomic E-state index is 0.0107. The van der Waals surface area contributed by atoms with Gasteiger partial charge in [-0.25, -0.2) is 9.97 Å². The highest BCUT2D eigenvalue weighted by Gasteiger charge is 2.47. The Morgan fingerprint density at radius 3 is 0.785 bits per heavy atom. The number of carbonyl (C=O) groups excluding carboxylic acids is 2. The molecule has 4 aliphatic carbocycles. The summed E-state index contributed by atoms with van der Waals surface area (Å²) in [6.07, 6.45) is 61.8. The van der Waals surface area contributed by atoms with Crippen LogP contribution in [-0.2, 0) is 21.7 Å². The number of nitrogens with zero attached hydrogens (tertiary/aromatic N) is 2. The number of fused-ring (bicyclic) bond motifs is 13. The quantitative estimate of drug-likeness (QED) is 0.0170. The van der Waals surface area contributed by atoms with Crippen molar-refractivity contribution in [1.29, 1.82) is 0 Å². The number of halogens is 4. The van der Waals surface area contributed by atoms with E-state index in [2.05, 4.69) is 289 Å². The van der Waals surface area contributed by atoms with E-state index in [-0.39, 0.29) is 33.2 Å². The largest absolute Gasteiger partial charge is 0.396 e. The maximum Gasteiger partial charge on any atom is 0.233 e. The highest BCUT2D eigenvalue weighted by atomic mass is 79.9. The fourth-order valence-corrected chi connectivity index (χ4v) is 25.1. The molecule has 0 saturated carbocycles. The number of Topliss-reactive ketones (excluding diaryl/α,β-unsaturated/α-hetero) is 2. The summed E-state index contributed by atoms with van der Waals surface area (Å²) >= 11 is 14.3. The number of nitrogens with two attached hydrogens (primary N) is 2. The molecular formula is C125H158Br4N4O2. The van der Waals surface area contributed by atoms with Crippen molar-refractivity contribution in [3.05, 3.63) is 268 Å². The SMILES string of the molecule is CCCCCCCCC1(C)c2ccccc2-c2ccc(-c3nc4c(Br)ccc(Br)c4nc3-c3ccc4c(c3)C(CCCCCCCC)(CCCCCCCC)c3ccccc3-4)cc21.CCCCCCCCC1(CCCCCCCC)c2ccccc2-c2ccc(C(=O)C(=O)c3ccc4c(c3)C(CCCCCCCC)(CCCCCCCC)c3ccccc3-4)cc21.Nc1c(Br)ccc(Br)c1N. The number of hydrogen-bond donors (Lipinski definition) is 2. The van der Waals surface area contributed by atoms with E-state index in [1.807, 2.05) is 24.3 Å². The van der Waals surface area contributed by atoms with Crippen molar-refractivity contribution >= 4 is 97.7 Å². The molecule has 0 aliphatic heterocycles. The summed E-state index contributed by atoms with van der Waals surface area (Å²) in [5.74, 6) is -0.741. The first-order chi connectivity index (χ1) is 65.9. The molecule has 0 amide bonds. The minimum atomic E-state index is -0.371. The number of ketones is 2. The van der Waals surface area contributed by atoms with Gasteiger partial charge in [0.1, 0.15) is 11.0 Å². The number of rotatable bonds is 54. The Morgan fingerprint density at radius 1 is 0.244 bits per heavy atom. The summed E-state index contributed by atoms with van der Waals surface area (Å²) in [4.78, 5) is 40.6. The van der Waals surface area contributed by atoms with Crippen LogP contribution in [0.4, 0.5) is 11.4 Å². The second-order valence-corrected chi connectivity index (χ2v) is 44.0. The number of nitrogen functional groups attached to an aromatic ring is 2. The van der Waals surface area contributed by atoms with Gasteiger partial charge in [-0.15, -0.1) is 0 Å². The molecule has 0 fully saturated rings. The summed E-state index contributed by atoms with van der Waals surface area (Å²) in [5.41, 5.74) is 41.1. The standard InChI is InChI=1S/C60H82O2.C59H70Br2N2.C6H6Br2N2/c1-5-9-13-17-21-29-41-59(42-30-22-18-14-10-6-2)53-35-27-25-33-49(53)51-39-37-47(45-55(51)59)57(61)58(62)48-38-40-52-50-34-26-28-36-54(50)60(56(52)46-48,43-31-23-19-15-11-7-3)44-32-24-20-16-12-8-4;1-5-8-11-14-17-24-37-58(4)48-29-22-20-27-44(48)46-33-31-42(40-50(46)58)54-55(63-57-53(61)36-35-52(60)56(57)62-54)43-32-34-47-45-28-21-23-30-49(45)59(51(47)41-43,38-25-18-15-12-9-6-2)39-26-19-16-13-10-7-3;7-3-1-2-4(8)6(10)5(3)9/h25-28,33-40,45-46H,5-24,29-32,41-44H2,1-4H3;20-23,27-36,40-41H,5-19,24-26,37-39H2,1-4H3;1-2H,9-10H2. The molecule has 0 spiro atoms. The Morgan fingerprint density at radius 2 is 0.474 bits per heavy atom. The smallest absolute Gasteiger partial charge is 0.233 e. The van der Waals surface area contributed by atoms with Crippen LogP contribution in [0.15, 0.2) is 212 Å². The lowest BCUT2D eigenvalue weighted by molar-refractivity contribution is 0.0816. The third-order valence-corrected chi connectivity index (χ3v) is 33.8. The molecule has 1 unspecified atom stereocenters. The van der Waals surface area contributed by atoms with Crippen molar-refractivity contribution in [2.45, 2.75) is 392 Å². The van der Waals surface area contributed by atoms with Crippen LogP contribution in [0, 0.1) is 0 Å². The van der Waals surface area contributed by atoms with Crippen LogP contribution in [0.5, 0.6) is 0 Å². The molecule has 15 rings (SSSR count). The molecule has 1 aromatic heterocycles. The average Bonchev–Trinajstić information content (AvgIpc) is 1.58. The number of benzene rings is 10. The minimum Gasteiger partial charge on any atom is -0.396 e. The van der Waals surface area contributed by atoms with Gasteiger partial charge >= 0.3 is 0 Å². The number of anilines is 2. The van der Waals surface area contributed by atoms with Gasteiger partial charge in [0, 0.05) is 61.8 Å². The second-order valence-electron chi connectivity index (χ2n) is 40.6. The van der Waals surface area contributed by atoms with Gasteiger partial charge < -0.3 is 11.5 Å². The van der Waals surface area contributed by atoms with Crippen molar-refractivity contribution in [3.8, 4) is 67.0 Å². The zero-order valence-corrected chi connectivity index (χ0v) is 89.8. The van der Waals surface area contributed by atoms with Gasteiger partial charge in [0.05, 0.1) is 22.8 Å². The van der Waals surface area contributed by atoms with Crippen molar-refractivity contribution < 1.29 is 9.59 Å². The summed E-state index contributed by atoms with van der Waals surface area (Å²) < 4.78 is 3.58. The first-order valence-electron chi connectivity index (χ1n) is 53.6. The molecule has 4 N–H and O–H groups in total. The molecule has 718 valence electrons. The van der Waals surface area contributed by atoms with E-state index in [4.69, 9.17) is 21.4 Å². The monoisotopic (exact) mass is 2060 g/mol. The van der Waals surface area contributed by atoms with Crippen molar-refractivity contribution in [3.63, 3.8) is 0 Å². The molecule has 135 heavy (non-hydrogen) atoms. The lowest BCUT2D eigenvalue weighted by atomic mass is 9.70. The lowest BCUT2D eigenvalue weighted by Crippen LogP contribution is -2.27. The lowest BCUT2D eigenvalue weighted by Gasteiger charge is -2.33. The van der Waals surface area contributed by atoms with E-state index in [9.17, 15) is 9.59 Å². The van der Waals surface area contributed by atoms with Crippen LogP contribution in [0.25, 0.3) is 78.1 Å². The molecule has 0 saturated heterocycles. The van der Waals surface area contributed by atoms with E-state index in [1.165, 1.54) is 366 Å². The average molecular weight is 2070 g/mol. The van der Waals surface area contributed by atoms with Gasteiger partial charge in [0.15, 0.2) is 0 Å². The molecule has 11 aromatic rings. The highest BCUT2D eigenvalue weighted by Crippen LogP contribution is 2.60. The molecule has 0 radical (unpaired) electrons. The molecule has 1 atom stereocenters. The normalized spacial score (nSPS) is 14.5. The van der Waals surface area contributed by atoms with Crippen LogP contribution in [0.3, 0.4) is 0 Å². The van der Waals surface area contributed by atoms with E-state index in [0.717, 1.165) is 83.5 Å². The Hall–Kier alpha value is -7.60. The van der Waals surface area contributed by atoms with Crippen LogP contribution in [0.2, 0.25) is 0 Å². The molecule has 4 aliphatic rings. The van der Waals surface area contributed by atoms with E-state index >= 15 is 0 Å². The van der Waals surface area contributed by atoms with E-state index in [0.29, 0.717) is 22.5 Å². The van der Waals surface area contributed by atoms with Gasteiger partial charge in [-0.2, -0.15) is 0 Å². The Labute approximate surface area is 848 Å². The van der Waals surface area contributed by atoms with Crippen molar-refractivity contribution in [2.75, 3.05) is 11.5 Å². The zero-order chi connectivity index (χ0) is 95.2. The van der Waals surface area contributed by atoms with Gasteiger partial charge in [0.25, 0.3) is 0 Å². The van der Waals surface area contributed by atoms with E-state index < -0.39 is 0 Å². The molecular weight excluding hydrogens is 1910 g/mol. The second kappa shape index (κ2) is 52.1. The van der Waals surface area contributed by atoms with Gasteiger partial charge in [0.2, 0.25) is 11.6 Å². The first kappa shape index (κ1) is 105. The number of hydrogen-bond acceptors (Lipinski definition) is 6. The summed E-state index contributed by atoms with van der Waals surface area (Å²) in [7, 11) is 0. The predicted octanol–water partition coefficient (Wildman–Crippen LogP) is 40.0. The molecule has 0 bridgehead atoms. The number of unbranched alkanes of at least 4 members (excludes halogenated alkanes) is 35. The fourth-order valence-electron chi connectivity index (χ4n) is 23.6. The summed E-state index contributed by atoms with van der Waals surface area (Å²) in [6, 6.07) is 71.6. The Balaban J connectivity index is 0.000000207. The molecule has 10 heteroatoms. The van der Waals surface area contributed by atoms with Crippen LogP contribution < -0.4 is 11.5 Å². The maximum atomic E-state index is 14.7. The number of aromatic nitrogens is 2. The van der Waals surface area contributed by atoms with Crippen LogP contribution in [-0.4, -0.2) is 21.5 Å². The summed E-state index contributed by atoms with van der Waals surface area (Å²) in [6.45, 7) is 18.6. The first-order valence-corrected chi connectivity index (χ1v) is 56.8. The summed E-state index contributed by atoms with van der Waals surface area (Å²) in [5, 5.41) is 0. The highest BCUT2D eigenvalue weighted by molar-refractivity contribution is 9.11. The third kappa shape index (κ3) is 24.7. The third-order valence-electron chi connectivity index (χ3n) is 31.2. The Bertz CT molecular complexity index is 5480. The molecule has 1 heterocycles. The maximum absolute atomic E-state index is 14.7. The number of carbonyl (C=O) groups is 2. The van der Waals surface area contributed by atoms with E-state index in [1.54, 1.807) is 5.56 Å². The van der Waals surface area contributed by atoms with Crippen molar-refractivity contribution in [1.82, 2.24) is 9.97 Å². The zero-order valence-electron chi connectivity index (χ0n) is 83.5. The van der Waals surface area contributed by atoms with Crippen LogP contribution in [0.1, 0.15) is 435 Å². The predicted molar refractivity (Wildman–Crippen MR) is 595 cm³/mol. The molecule has 6 nitrogen and oxygen atoms in total. The van der Waals surface area contributed by atoms with Gasteiger partial charge in [-0.3, -0.25) is 9.59 Å². The fraction of sp³-hybridized carbons (Fsp3) is 0.488. The molecule has 10 aromatic carbocycles. The van der Waals surface area contributed by atoms with Gasteiger partial charge in [-0.05, 0) is 246 Å². The van der Waals surface area contributed by atoms with Crippen LogP contribution >= 0.6 is 63.7 Å². The van der Waals surface area contributed by atoms with Crippen molar-refractivity contribution in [2.24, 2.45) is 0 Å². The topological polar surface area (TPSA) is 112 Å². The Kier molecular flexibility index (Phi) is 40.4.